The summed E-state index contributed by atoms with van der Waals surface area (Å²) in [5.74, 6) is -1.44. The Morgan fingerprint density at radius 2 is 1.69 bits per heavy atom. The molecule has 0 radical (unpaired) electrons. The maximum Gasteiger partial charge on any atom is 0.336 e. The van der Waals surface area contributed by atoms with E-state index in [0.29, 0.717) is 34.1 Å². The number of benzene rings is 2. The number of carbonyl (C=O) groups is 2. The number of rotatable bonds is 10. The van der Waals surface area contributed by atoms with Crippen LogP contribution in [-0.2, 0) is 13.0 Å². The van der Waals surface area contributed by atoms with Gasteiger partial charge in [0.1, 0.15) is 5.69 Å². The molecule has 2 aromatic carbocycles. The van der Waals surface area contributed by atoms with Crippen molar-refractivity contribution in [3.05, 3.63) is 81.5 Å². The number of carbonyl (C=O) groups excluding carboxylic acids is 1. The van der Waals surface area contributed by atoms with Crippen molar-refractivity contribution >= 4 is 11.9 Å². The molecule has 1 aromatic heterocycles. The number of aromatic nitrogens is 2. The van der Waals surface area contributed by atoms with Crippen LogP contribution in [0.15, 0.2) is 53.3 Å². The minimum Gasteiger partial charge on any atom is -0.478 e. The average Bonchev–Trinajstić information content (AvgIpc) is 3.10. The summed E-state index contributed by atoms with van der Waals surface area (Å²) in [7, 11) is 0. The summed E-state index contributed by atoms with van der Waals surface area (Å²) < 4.78 is 30.2. The lowest BCUT2D eigenvalue weighted by Gasteiger charge is -2.12. The zero-order chi connectivity index (χ0) is 25.7. The molecule has 6 nitrogen and oxygen atoms in total. The Labute approximate surface area is 202 Å². The average molecular weight is 485 g/mol. The van der Waals surface area contributed by atoms with Gasteiger partial charge in [-0.25, -0.2) is 22.9 Å². The van der Waals surface area contributed by atoms with E-state index in [1.807, 2.05) is 13.8 Å². The van der Waals surface area contributed by atoms with Gasteiger partial charge in [0.05, 0.1) is 12.1 Å². The number of hydrogen-bond donors (Lipinski definition) is 1. The van der Waals surface area contributed by atoms with E-state index in [2.05, 4.69) is 0 Å². The fourth-order valence-electron chi connectivity index (χ4n) is 4.14. The summed E-state index contributed by atoms with van der Waals surface area (Å²) >= 11 is 0. The van der Waals surface area contributed by atoms with Gasteiger partial charge in [0.25, 0.3) is 6.43 Å². The molecule has 0 atom stereocenters. The number of halogens is 2. The molecular formula is C27H30F2N2O4. The van der Waals surface area contributed by atoms with E-state index in [0.717, 1.165) is 0 Å². The maximum atomic E-state index is 14.1. The molecule has 35 heavy (non-hydrogen) atoms. The fraction of sp³-hybridized carbons (Fsp3) is 0.370. The molecule has 0 amide bonds. The number of nitrogens with zero attached hydrogens (tertiary/aromatic N) is 2. The summed E-state index contributed by atoms with van der Waals surface area (Å²) in [6, 6.07) is 13.6. The van der Waals surface area contributed by atoms with E-state index >= 15 is 0 Å². The van der Waals surface area contributed by atoms with Gasteiger partial charge in [-0.3, -0.25) is 9.36 Å². The second-order valence-electron chi connectivity index (χ2n) is 8.96. The van der Waals surface area contributed by atoms with E-state index in [1.165, 1.54) is 10.6 Å². The highest BCUT2D eigenvalue weighted by molar-refractivity contribution is 5.96. The molecular weight excluding hydrogens is 454 g/mol. The molecule has 0 fully saturated rings. The molecule has 3 rings (SSSR count). The molecule has 0 bridgehead atoms. The van der Waals surface area contributed by atoms with E-state index in [9.17, 15) is 28.3 Å². The summed E-state index contributed by atoms with van der Waals surface area (Å²) in [4.78, 5) is 37.3. The van der Waals surface area contributed by atoms with Gasteiger partial charge in [0.2, 0.25) is 5.91 Å². The van der Waals surface area contributed by atoms with E-state index in [4.69, 9.17) is 0 Å². The zero-order valence-electron chi connectivity index (χ0n) is 20.1. The number of aromatic carboxylic acids is 1. The minimum absolute atomic E-state index is 0.00490. The van der Waals surface area contributed by atoms with Crippen LogP contribution in [0.25, 0.3) is 11.1 Å². The molecule has 0 aliphatic rings. The zero-order valence-corrected chi connectivity index (χ0v) is 20.1. The minimum atomic E-state index is -2.96. The Morgan fingerprint density at radius 1 is 1.03 bits per heavy atom. The fourth-order valence-corrected chi connectivity index (χ4v) is 4.14. The molecule has 0 aliphatic heterocycles. The van der Waals surface area contributed by atoms with Crippen LogP contribution in [0.5, 0.6) is 0 Å². The Kier molecular flexibility index (Phi) is 8.38. The predicted molar refractivity (Wildman–Crippen MR) is 130 cm³/mol. The van der Waals surface area contributed by atoms with Crippen LogP contribution >= 0.6 is 0 Å². The molecule has 0 spiro atoms. The maximum absolute atomic E-state index is 14.1. The molecule has 186 valence electrons. The lowest BCUT2D eigenvalue weighted by Crippen LogP contribution is -2.30. The van der Waals surface area contributed by atoms with Crippen LogP contribution in [0.2, 0.25) is 0 Å². The highest BCUT2D eigenvalue weighted by Crippen LogP contribution is 2.27. The number of alkyl halides is 2. The van der Waals surface area contributed by atoms with E-state index in [-0.39, 0.29) is 36.6 Å². The van der Waals surface area contributed by atoms with Gasteiger partial charge >= 0.3 is 11.7 Å². The molecule has 8 heteroatoms. The monoisotopic (exact) mass is 484 g/mol. The number of carboxylic acid groups (broad SMARTS) is 1. The van der Waals surface area contributed by atoms with Crippen LogP contribution in [0.4, 0.5) is 8.78 Å². The first-order valence-corrected chi connectivity index (χ1v) is 11.7. The SMILES string of the molecule is CCCC(=O)n1c(C(F)F)c(CCC(C)C)n(Cc2ccc(-c3ccccc3C(=O)O)cc2)c1=O. The number of hydrogen-bond acceptors (Lipinski definition) is 3. The van der Waals surface area contributed by atoms with Crippen molar-refractivity contribution in [2.75, 3.05) is 0 Å². The van der Waals surface area contributed by atoms with Crippen LogP contribution in [-0.4, -0.2) is 26.1 Å². The highest BCUT2D eigenvalue weighted by Gasteiger charge is 2.29. The Balaban J connectivity index is 2.04. The molecule has 0 aliphatic carbocycles. The van der Waals surface area contributed by atoms with Gasteiger partial charge in [0.15, 0.2) is 0 Å². The van der Waals surface area contributed by atoms with Crippen molar-refractivity contribution in [3.63, 3.8) is 0 Å². The third kappa shape index (κ3) is 5.75. The summed E-state index contributed by atoms with van der Waals surface area (Å²) in [5.41, 5.74) is 0.999. The van der Waals surface area contributed by atoms with Gasteiger partial charge in [-0.05, 0) is 47.9 Å². The van der Waals surface area contributed by atoms with Crippen LogP contribution < -0.4 is 5.69 Å². The Bertz CT molecular complexity index is 1260. The van der Waals surface area contributed by atoms with Crippen molar-refractivity contribution in [1.29, 1.82) is 0 Å². The smallest absolute Gasteiger partial charge is 0.336 e. The van der Waals surface area contributed by atoms with Gasteiger partial charge < -0.3 is 5.11 Å². The number of carboxylic acids is 1. The van der Waals surface area contributed by atoms with E-state index < -0.39 is 29.7 Å². The van der Waals surface area contributed by atoms with Gasteiger partial charge in [-0.2, -0.15) is 0 Å². The van der Waals surface area contributed by atoms with Crippen molar-refractivity contribution in [1.82, 2.24) is 9.13 Å². The largest absolute Gasteiger partial charge is 0.478 e. The molecule has 1 heterocycles. The Hall–Kier alpha value is -3.55. The predicted octanol–water partition coefficient (Wildman–Crippen LogP) is 6.03. The summed E-state index contributed by atoms with van der Waals surface area (Å²) in [6.45, 7) is 5.72. The van der Waals surface area contributed by atoms with Crippen LogP contribution in [0.1, 0.15) is 78.6 Å². The Morgan fingerprint density at radius 3 is 2.26 bits per heavy atom. The summed E-state index contributed by atoms with van der Waals surface area (Å²) in [5, 5.41) is 9.45. The first kappa shape index (κ1) is 26.1. The van der Waals surface area contributed by atoms with Crippen LogP contribution in [0.3, 0.4) is 0 Å². The van der Waals surface area contributed by atoms with Gasteiger partial charge in [-0.15, -0.1) is 0 Å². The van der Waals surface area contributed by atoms with E-state index in [1.54, 1.807) is 49.4 Å². The number of imidazole rings is 1. The van der Waals surface area contributed by atoms with Crippen LogP contribution in [0, 0.1) is 5.92 Å². The quantitative estimate of drug-likeness (QED) is 0.381. The van der Waals surface area contributed by atoms with Gasteiger partial charge in [-0.1, -0.05) is 63.2 Å². The molecule has 0 saturated carbocycles. The topological polar surface area (TPSA) is 81.3 Å². The van der Waals surface area contributed by atoms with Crippen molar-refractivity contribution < 1.29 is 23.5 Å². The summed E-state index contributed by atoms with van der Waals surface area (Å²) in [6.07, 6.45) is -1.66. The van der Waals surface area contributed by atoms with Gasteiger partial charge in [0, 0.05) is 12.1 Å². The lowest BCUT2D eigenvalue weighted by atomic mass is 9.98. The van der Waals surface area contributed by atoms with Crippen molar-refractivity contribution in [2.24, 2.45) is 5.92 Å². The third-order valence-electron chi connectivity index (χ3n) is 5.93. The highest BCUT2D eigenvalue weighted by atomic mass is 19.3. The second-order valence-corrected chi connectivity index (χ2v) is 8.96. The first-order valence-electron chi connectivity index (χ1n) is 11.7. The lowest BCUT2D eigenvalue weighted by molar-refractivity contribution is 0.0697. The standard InChI is InChI=1S/C27H30F2N2O4/c1-4-7-23(32)31-24(25(28)29)22(15-10-17(2)3)30(27(31)35)16-18-11-13-19(14-12-18)20-8-5-6-9-21(20)26(33)34/h5-6,8-9,11-14,17,25H,4,7,10,15-16H2,1-3H3,(H,33,34). The molecule has 1 N–H and O–H groups in total. The molecule has 3 aromatic rings. The second kappa shape index (κ2) is 11.3. The van der Waals surface area contributed by atoms with Crippen molar-refractivity contribution in [2.45, 2.75) is 59.4 Å². The van der Waals surface area contributed by atoms with Crippen molar-refractivity contribution in [3.8, 4) is 11.1 Å². The first-order chi connectivity index (χ1) is 16.6. The molecule has 0 saturated heterocycles. The normalized spacial score (nSPS) is 11.4. The molecule has 0 unspecified atom stereocenters. The third-order valence-corrected chi connectivity index (χ3v) is 5.93.